The Morgan fingerprint density at radius 1 is 1.17 bits per heavy atom. The first-order valence-electron chi connectivity index (χ1n) is 9.53. The Balaban J connectivity index is 1.85. The Bertz CT molecular complexity index is 1120. The molecule has 4 rings (SSSR count). The summed E-state index contributed by atoms with van der Waals surface area (Å²) in [4.78, 5) is 28.0. The Labute approximate surface area is 173 Å². The highest BCUT2D eigenvalue weighted by molar-refractivity contribution is 5.98. The quantitative estimate of drug-likeness (QED) is 0.450. The van der Waals surface area contributed by atoms with Crippen LogP contribution in [0.1, 0.15) is 25.3 Å². The number of para-hydroxylation sites is 2. The number of nitro benzene ring substituents is 1. The number of ether oxygens (including phenoxy) is 1. The SMILES string of the molecule is CCOC(=O)C1=C(C)NC2=C(C=Nc3ccccc3N2)[C@H]1c1ccc([N+](=O)[O-])cc1. The monoisotopic (exact) mass is 404 g/mol. The van der Waals surface area contributed by atoms with Gasteiger partial charge in [0.15, 0.2) is 0 Å². The number of nitro groups is 1. The van der Waals surface area contributed by atoms with Gasteiger partial charge in [-0.2, -0.15) is 0 Å². The molecule has 30 heavy (non-hydrogen) atoms. The molecule has 0 amide bonds. The van der Waals surface area contributed by atoms with Crippen LogP contribution < -0.4 is 10.6 Å². The third-order valence-corrected chi connectivity index (χ3v) is 5.04. The molecular formula is C22H20N4O4. The van der Waals surface area contributed by atoms with Gasteiger partial charge >= 0.3 is 5.97 Å². The van der Waals surface area contributed by atoms with Crippen LogP contribution in [0.4, 0.5) is 17.1 Å². The average Bonchev–Trinajstić information content (AvgIpc) is 2.92. The summed E-state index contributed by atoms with van der Waals surface area (Å²) in [5.41, 5.74) is 4.16. The predicted octanol–water partition coefficient (Wildman–Crippen LogP) is 4.16. The number of dihydropyridines is 1. The molecular weight excluding hydrogens is 384 g/mol. The zero-order valence-corrected chi connectivity index (χ0v) is 16.5. The maximum Gasteiger partial charge on any atom is 0.336 e. The molecule has 0 radical (unpaired) electrons. The third kappa shape index (κ3) is 3.43. The molecule has 2 aromatic rings. The van der Waals surface area contributed by atoms with Crippen LogP contribution in [0.5, 0.6) is 0 Å². The average molecular weight is 404 g/mol. The van der Waals surface area contributed by atoms with Gasteiger partial charge in [-0.1, -0.05) is 24.3 Å². The van der Waals surface area contributed by atoms with Gasteiger partial charge in [-0.05, 0) is 31.5 Å². The van der Waals surface area contributed by atoms with Crippen molar-refractivity contribution in [2.45, 2.75) is 19.8 Å². The molecule has 2 aliphatic heterocycles. The van der Waals surface area contributed by atoms with Crippen molar-refractivity contribution in [2.75, 3.05) is 11.9 Å². The topological polar surface area (TPSA) is 106 Å². The van der Waals surface area contributed by atoms with E-state index >= 15 is 0 Å². The molecule has 8 heteroatoms. The number of hydrogen-bond acceptors (Lipinski definition) is 7. The van der Waals surface area contributed by atoms with E-state index in [0.29, 0.717) is 17.1 Å². The van der Waals surface area contributed by atoms with Gasteiger partial charge in [-0.3, -0.25) is 15.1 Å². The third-order valence-electron chi connectivity index (χ3n) is 5.04. The highest BCUT2D eigenvalue weighted by Gasteiger charge is 2.35. The number of benzene rings is 2. The van der Waals surface area contributed by atoms with Crippen molar-refractivity contribution in [2.24, 2.45) is 4.99 Å². The number of non-ortho nitro benzene ring substituents is 1. The summed E-state index contributed by atoms with van der Waals surface area (Å²) in [5, 5.41) is 17.7. The fourth-order valence-corrected chi connectivity index (χ4v) is 3.67. The Morgan fingerprint density at radius 2 is 1.90 bits per heavy atom. The molecule has 152 valence electrons. The van der Waals surface area contributed by atoms with Crippen molar-refractivity contribution in [1.29, 1.82) is 0 Å². The van der Waals surface area contributed by atoms with Gasteiger partial charge in [0, 0.05) is 35.5 Å². The summed E-state index contributed by atoms with van der Waals surface area (Å²) in [6.45, 7) is 3.80. The Hall–Kier alpha value is -3.94. The van der Waals surface area contributed by atoms with E-state index in [9.17, 15) is 14.9 Å². The van der Waals surface area contributed by atoms with Gasteiger partial charge in [-0.15, -0.1) is 0 Å². The van der Waals surface area contributed by atoms with E-state index in [1.165, 1.54) is 12.1 Å². The molecule has 2 aromatic carbocycles. The standard InChI is InChI=1S/C22H20N4O4/c1-3-30-22(27)19-13(2)24-21-16(12-23-17-6-4-5-7-18(17)25-21)20(19)14-8-10-15(11-9-14)26(28)29/h4-12,20,24-25H,3H2,1-2H3/t20-/m1/s1. The first-order valence-corrected chi connectivity index (χ1v) is 9.53. The molecule has 2 N–H and O–H groups in total. The Morgan fingerprint density at radius 3 is 2.60 bits per heavy atom. The zero-order valence-electron chi connectivity index (χ0n) is 16.5. The zero-order chi connectivity index (χ0) is 21.3. The van der Waals surface area contributed by atoms with E-state index < -0.39 is 16.8 Å². The molecule has 2 heterocycles. The Kier molecular flexibility index (Phi) is 5.05. The van der Waals surface area contributed by atoms with Gasteiger partial charge in [0.1, 0.15) is 5.82 Å². The second-order valence-corrected chi connectivity index (χ2v) is 6.90. The minimum atomic E-state index is -0.494. The fourth-order valence-electron chi connectivity index (χ4n) is 3.67. The minimum Gasteiger partial charge on any atom is -0.463 e. The van der Waals surface area contributed by atoms with E-state index in [2.05, 4.69) is 15.6 Å². The number of esters is 1. The predicted molar refractivity (Wildman–Crippen MR) is 114 cm³/mol. The van der Waals surface area contributed by atoms with Crippen LogP contribution in [-0.4, -0.2) is 23.7 Å². The molecule has 0 saturated carbocycles. The van der Waals surface area contributed by atoms with Crippen molar-refractivity contribution in [1.82, 2.24) is 5.32 Å². The molecule has 0 fully saturated rings. The minimum absolute atomic E-state index is 0.0136. The molecule has 0 aliphatic carbocycles. The number of anilines is 1. The van der Waals surface area contributed by atoms with Crippen LogP contribution in [0.3, 0.4) is 0 Å². The molecule has 8 nitrogen and oxygen atoms in total. The summed E-state index contributed by atoms with van der Waals surface area (Å²) >= 11 is 0. The highest BCUT2D eigenvalue weighted by atomic mass is 16.6. The summed E-state index contributed by atoms with van der Waals surface area (Å²) in [6.07, 6.45) is 1.72. The van der Waals surface area contributed by atoms with Crippen molar-refractivity contribution < 1.29 is 14.5 Å². The fraction of sp³-hybridized carbons (Fsp3) is 0.182. The van der Waals surface area contributed by atoms with Crippen LogP contribution >= 0.6 is 0 Å². The number of hydrogen-bond donors (Lipinski definition) is 2. The number of allylic oxidation sites excluding steroid dienone is 2. The second-order valence-electron chi connectivity index (χ2n) is 6.90. The summed E-state index contributed by atoms with van der Waals surface area (Å²) < 4.78 is 5.31. The van der Waals surface area contributed by atoms with Crippen LogP contribution in [0.2, 0.25) is 0 Å². The van der Waals surface area contributed by atoms with E-state index in [1.54, 1.807) is 25.3 Å². The van der Waals surface area contributed by atoms with Gasteiger partial charge in [0.05, 0.1) is 28.5 Å². The normalized spacial score (nSPS) is 17.3. The van der Waals surface area contributed by atoms with Gasteiger partial charge in [0.2, 0.25) is 0 Å². The van der Waals surface area contributed by atoms with Crippen LogP contribution in [-0.2, 0) is 9.53 Å². The van der Waals surface area contributed by atoms with E-state index in [0.717, 1.165) is 22.5 Å². The number of fused-ring (bicyclic) bond motifs is 1. The summed E-state index contributed by atoms with van der Waals surface area (Å²) in [5.74, 6) is -0.225. The summed E-state index contributed by atoms with van der Waals surface area (Å²) in [7, 11) is 0. The van der Waals surface area contributed by atoms with Crippen LogP contribution in [0, 0.1) is 10.1 Å². The summed E-state index contributed by atoms with van der Waals surface area (Å²) in [6, 6.07) is 13.8. The van der Waals surface area contributed by atoms with E-state index in [-0.39, 0.29) is 12.3 Å². The number of rotatable bonds is 4. The van der Waals surface area contributed by atoms with Gasteiger partial charge in [0.25, 0.3) is 5.69 Å². The van der Waals surface area contributed by atoms with Crippen molar-refractivity contribution in [3.8, 4) is 0 Å². The number of aliphatic imine (C=N–C) groups is 1. The van der Waals surface area contributed by atoms with E-state index in [1.807, 2.05) is 31.2 Å². The molecule has 0 spiro atoms. The van der Waals surface area contributed by atoms with Crippen molar-refractivity contribution in [3.63, 3.8) is 0 Å². The molecule has 0 bridgehead atoms. The van der Waals surface area contributed by atoms with Gasteiger partial charge in [-0.25, -0.2) is 4.79 Å². The molecule has 0 aromatic heterocycles. The van der Waals surface area contributed by atoms with Crippen LogP contribution in [0.25, 0.3) is 0 Å². The first-order chi connectivity index (χ1) is 14.5. The maximum absolute atomic E-state index is 12.8. The lowest BCUT2D eigenvalue weighted by Gasteiger charge is -2.30. The number of nitrogens with one attached hydrogen (secondary N) is 2. The van der Waals surface area contributed by atoms with E-state index in [4.69, 9.17) is 4.74 Å². The number of carbonyl (C=O) groups is 1. The highest BCUT2D eigenvalue weighted by Crippen LogP contribution is 2.41. The molecule has 0 unspecified atom stereocenters. The van der Waals surface area contributed by atoms with Crippen molar-refractivity contribution in [3.05, 3.63) is 86.9 Å². The smallest absolute Gasteiger partial charge is 0.336 e. The number of nitrogens with zero attached hydrogens (tertiary/aromatic N) is 2. The lowest BCUT2D eigenvalue weighted by molar-refractivity contribution is -0.384. The first kappa shape index (κ1) is 19.4. The largest absolute Gasteiger partial charge is 0.463 e. The van der Waals surface area contributed by atoms with Gasteiger partial charge < -0.3 is 15.4 Å². The van der Waals surface area contributed by atoms with Crippen molar-refractivity contribution >= 4 is 29.2 Å². The lowest BCUT2D eigenvalue weighted by atomic mass is 9.81. The molecule has 2 aliphatic rings. The maximum atomic E-state index is 12.8. The van der Waals surface area contributed by atoms with Crippen LogP contribution in [0.15, 0.2) is 76.2 Å². The molecule has 0 saturated heterocycles. The molecule has 1 atom stereocenters. The second kappa shape index (κ2) is 7.82. The lowest BCUT2D eigenvalue weighted by Crippen LogP contribution is -2.33. The number of carbonyl (C=O) groups excluding carboxylic acids is 1.